The minimum Gasteiger partial charge on any atom is -0.491 e. The van der Waals surface area contributed by atoms with E-state index in [4.69, 9.17) is 14.2 Å². The van der Waals surface area contributed by atoms with Crippen LogP contribution in [0.1, 0.15) is 19.5 Å². The Labute approximate surface area is 152 Å². The number of hydrogen-bond donors (Lipinski definition) is 2. The zero-order valence-corrected chi connectivity index (χ0v) is 15.5. The number of hydrogen-bond acceptors (Lipinski definition) is 6. The smallest absolute Gasteiger partial charge is 0.223 e. The van der Waals surface area contributed by atoms with Gasteiger partial charge in [0.05, 0.1) is 12.7 Å². The van der Waals surface area contributed by atoms with Gasteiger partial charge in [-0.2, -0.15) is 10.1 Å². The van der Waals surface area contributed by atoms with Crippen molar-refractivity contribution in [1.82, 2.24) is 15.2 Å². The van der Waals surface area contributed by atoms with Gasteiger partial charge in [-0.25, -0.2) is 0 Å². The summed E-state index contributed by atoms with van der Waals surface area (Å²) >= 11 is 0. The van der Waals surface area contributed by atoms with Crippen molar-refractivity contribution in [2.45, 2.75) is 26.9 Å². The number of aromatic nitrogens is 3. The van der Waals surface area contributed by atoms with Gasteiger partial charge in [-0.3, -0.25) is 5.10 Å². The fourth-order valence-electron chi connectivity index (χ4n) is 2.53. The second kappa shape index (κ2) is 8.05. The maximum atomic E-state index is 5.91. The van der Waals surface area contributed by atoms with Crippen molar-refractivity contribution in [2.75, 3.05) is 25.6 Å². The predicted molar refractivity (Wildman–Crippen MR) is 101 cm³/mol. The second-order valence-corrected chi connectivity index (χ2v) is 6.26. The number of aryl methyl sites for hydroxylation is 1. The van der Waals surface area contributed by atoms with Gasteiger partial charge in [0.25, 0.3) is 0 Å². The largest absolute Gasteiger partial charge is 0.491 e. The summed E-state index contributed by atoms with van der Waals surface area (Å²) in [5, 5.41) is 12.2. The summed E-state index contributed by atoms with van der Waals surface area (Å²) in [7, 11) is 1.65. The second-order valence-electron chi connectivity index (χ2n) is 6.26. The summed E-state index contributed by atoms with van der Waals surface area (Å²) in [6.07, 6.45) is 0.0196. The minimum atomic E-state index is 0.0196. The highest BCUT2D eigenvalue weighted by atomic mass is 16.5. The molecule has 0 saturated heterocycles. The highest BCUT2D eigenvalue weighted by Gasteiger charge is 2.11. The molecule has 0 saturated carbocycles. The number of H-pyrrole nitrogens is 1. The number of ether oxygens (including phenoxy) is 3. The Kier molecular flexibility index (Phi) is 5.58. The first kappa shape index (κ1) is 18.0. The molecule has 3 aromatic rings. The van der Waals surface area contributed by atoms with Crippen LogP contribution in [0.5, 0.6) is 11.6 Å². The van der Waals surface area contributed by atoms with Crippen molar-refractivity contribution in [3.63, 3.8) is 0 Å². The van der Waals surface area contributed by atoms with Gasteiger partial charge in [0.1, 0.15) is 18.2 Å². The number of methoxy groups -OCH3 is 1. The quantitative estimate of drug-likeness (QED) is 0.597. The summed E-state index contributed by atoms with van der Waals surface area (Å²) < 4.78 is 16.6. The van der Waals surface area contributed by atoms with Crippen molar-refractivity contribution < 1.29 is 14.2 Å². The number of nitrogens with one attached hydrogen (secondary N) is 2. The molecule has 0 radical (unpaired) electrons. The molecule has 0 fully saturated rings. The lowest BCUT2D eigenvalue weighted by molar-refractivity contribution is 0.146. The third kappa shape index (κ3) is 4.43. The average Bonchev–Trinajstić information content (AvgIpc) is 2.99. The summed E-state index contributed by atoms with van der Waals surface area (Å²) in [6.45, 7) is 6.95. The first-order valence-corrected chi connectivity index (χ1v) is 8.57. The first-order valence-electron chi connectivity index (χ1n) is 8.57. The lowest BCUT2D eigenvalue weighted by atomic mass is 10.1. The molecule has 0 aliphatic carbocycles. The van der Waals surface area contributed by atoms with Crippen molar-refractivity contribution in [1.29, 1.82) is 0 Å². The molecule has 3 rings (SSSR count). The third-order valence-electron chi connectivity index (χ3n) is 3.63. The van der Waals surface area contributed by atoms with Crippen molar-refractivity contribution >= 4 is 22.4 Å². The number of rotatable bonds is 8. The molecule has 0 unspecified atom stereocenters. The summed E-state index contributed by atoms with van der Waals surface area (Å²) in [6, 6.07) is 9.72. The summed E-state index contributed by atoms with van der Waals surface area (Å²) in [5.74, 6) is 2.72. The fraction of sp³-hybridized carbons (Fsp3) is 0.368. The van der Waals surface area contributed by atoms with Gasteiger partial charge < -0.3 is 19.5 Å². The Morgan fingerprint density at radius 1 is 1.12 bits per heavy atom. The molecule has 0 spiro atoms. The van der Waals surface area contributed by atoms with Gasteiger partial charge >= 0.3 is 0 Å². The zero-order chi connectivity index (χ0) is 18.5. The molecule has 0 aliphatic heterocycles. The zero-order valence-electron chi connectivity index (χ0n) is 15.5. The van der Waals surface area contributed by atoms with Gasteiger partial charge in [0, 0.05) is 24.3 Å². The van der Waals surface area contributed by atoms with E-state index < -0.39 is 0 Å². The molecular weight excluding hydrogens is 332 g/mol. The number of anilines is 2. The average molecular weight is 356 g/mol. The van der Waals surface area contributed by atoms with Crippen LogP contribution in [0, 0.1) is 6.92 Å². The van der Waals surface area contributed by atoms with E-state index in [0.717, 1.165) is 22.2 Å². The Morgan fingerprint density at radius 2 is 1.96 bits per heavy atom. The lowest BCUT2D eigenvalue weighted by Gasteiger charge is -2.14. The van der Waals surface area contributed by atoms with Crippen LogP contribution >= 0.6 is 0 Å². The number of benzene rings is 1. The van der Waals surface area contributed by atoms with Crippen LogP contribution < -0.4 is 14.8 Å². The van der Waals surface area contributed by atoms with E-state index in [0.29, 0.717) is 30.7 Å². The lowest BCUT2D eigenvalue weighted by Crippen LogP contribution is -2.08. The van der Waals surface area contributed by atoms with Crippen LogP contribution in [0.4, 0.5) is 11.6 Å². The molecular formula is C19H24N4O3. The Morgan fingerprint density at radius 3 is 2.65 bits per heavy atom. The molecule has 0 bridgehead atoms. The molecule has 138 valence electrons. The van der Waals surface area contributed by atoms with E-state index in [1.54, 1.807) is 7.11 Å². The third-order valence-corrected chi connectivity index (χ3v) is 3.63. The van der Waals surface area contributed by atoms with Crippen LogP contribution in [0.15, 0.2) is 30.3 Å². The molecule has 2 aromatic heterocycles. The molecule has 7 nitrogen and oxygen atoms in total. The minimum absolute atomic E-state index is 0.0196. The molecule has 0 atom stereocenters. The maximum absolute atomic E-state index is 5.91. The van der Waals surface area contributed by atoms with E-state index in [2.05, 4.69) is 20.5 Å². The highest BCUT2D eigenvalue weighted by Crippen LogP contribution is 2.31. The Bertz CT molecular complexity index is 876. The molecule has 2 heterocycles. The standard InChI is InChI=1S/C19H24N4O3/c1-12(2)26-19-16-6-5-15(25-8-7-24-4)10-14(16)11-17(21-19)20-18-9-13(3)22-23-18/h5-6,9-12H,7-8H2,1-4H3,(H2,20,21,22,23). The summed E-state index contributed by atoms with van der Waals surface area (Å²) in [5.41, 5.74) is 0.973. The van der Waals surface area contributed by atoms with Gasteiger partial charge in [-0.1, -0.05) is 0 Å². The predicted octanol–water partition coefficient (Wildman–Crippen LogP) is 3.82. The summed E-state index contributed by atoms with van der Waals surface area (Å²) in [4.78, 5) is 4.60. The van der Waals surface area contributed by atoms with Crippen molar-refractivity contribution in [3.8, 4) is 11.6 Å². The molecule has 26 heavy (non-hydrogen) atoms. The normalized spacial score (nSPS) is 11.1. The topological polar surface area (TPSA) is 81.3 Å². The van der Waals surface area contributed by atoms with Gasteiger partial charge in [-0.05, 0) is 50.4 Å². The van der Waals surface area contributed by atoms with E-state index >= 15 is 0 Å². The first-order chi connectivity index (χ1) is 12.5. The maximum Gasteiger partial charge on any atom is 0.223 e. The molecule has 1 aromatic carbocycles. The van der Waals surface area contributed by atoms with Crippen LogP contribution in [-0.4, -0.2) is 41.6 Å². The Balaban J connectivity index is 1.95. The monoisotopic (exact) mass is 356 g/mol. The number of fused-ring (bicyclic) bond motifs is 1. The van der Waals surface area contributed by atoms with Crippen LogP contribution in [0.3, 0.4) is 0 Å². The SMILES string of the molecule is COCCOc1ccc2c(OC(C)C)nc(Nc3cc(C)[nH]n3)cc2c1. The van der Waals surface area contributed by atoms with E-state index in [9.17, 15) is 0 Å². The van der Waals surface area contributed by atoms with Crippen molar-refractivity contribution in [2.24, 2.45) is 0 Å². The van der Waals surface area contributed by atoms with Gasteiger partial charge in [0.15, 0.2) is 5.82 Å². The Hall–Kier alpha value is -2.80. The molecule has 7 heteroatoms. The van der Waals surface area contributed by atoms with Crippen LogP contribution in [-0.2, 0) is 4.74 Å². The van der Waals surface area contributed by atoms with Crippen LogP contribution in [0.25, 0.3) is 10.8 Å². The van der Waals surface area contributed by atoms with Gasteiger partial charge in [0.2, 0.25) is 5.88 Å². The van der Waals surface area contributed by atoms with E-state index in [-0.39, 0.29) is 6.10 Å². The fourth-order valence-corrected chi connectivity index (χ4v) is 2.53. The highest BCUT2D eigenvalue weighted by molar-refractivity contribution is 5.90. The molecule has 2 N–H and O–H groups in total. The number of aromatic amines is 1. The van der Waals surface area contributed by atoms with Gasteiger partial charge in [-0.15, -0.1) is 0 Å². The molecule has 0 amide bonds. The number of pyridine rings is 1. The van der Waals surface area contributed by atoms with Crippen LogP contribution in [0.2, 0.25) is 0 Å². The van der Waals surface area contributed by atoms with Crippen molar-refractivity contribution in [3.05, 3.63) is 36.0 Å². The molecule has 0 aliphatic rings. The number of nitrogens with zero attached hydrogens (tertiary/aromatic N) is 2. The van der Waals surface area contributed by atoms with E-state index in [1.165, 1.54) is 0 Å². The van der Waals surface area contributed by atoms with E-state index in [1.807, 2.05) is 51.1 Å².